The second kappa shape index (κ2) is 7.91. The van der Waals surface area contributed by atoms with Crippen LogP contribution in [0.25, 0.3) is 0 Å². The summed E-state index contributed by atoms with van der Waals surface area (Å²) in [6.07, 6.45) is 3.66. The van der Waals surface area contributed by atoms with Crippen LogP contribution in [0.2, 0.25) is 0 Å². The first-order chi connectivity index (χ1) is 14.8. The quantitative estimate of drug-likeness (QED) is 0.648. The van der Waals surface area contributed by atoms with E-state index in [1.54, 1.807) is 4.68 Å². The van der Waals surface area contributed by atoms with Crippen molar-refractivity contribution >= 4 is 23.5 Å². The largest absolute Gasteiger partial charge is 0.465 e. The molecule has 1 aromatic heterocycles. The molecule has 2 fully saturated rings. The lowest BCUT2D eigenvalue weighted by molar-refractivity contribution is 0.0495. The maximum atomic E-state index is 13.2. The molecule has 162 valence electrons. The fourth-order valence-corrected chi connectivity index (χ4v) is 4.26. The van der Waals surface area contributed by atoms with Gasteiger partial charge in [-0.05, 0) is 43.0 Å². The highest BCUT2D eigenvalue weighted by atomic mass is 19.1. The van der Waals surface area contributed by atoms with E-state index in [-0.39, 0.29) is 36.2 Å². The van der Waals surface area contributed by atoms with E-state index in [0.29, 0.717) is 24.4 Å². The summed E-state index contributed by atoms with van der Waals surface area (Å²) in [6, 6.07) is 7.60. The average Bonchev–Trinajstić information content (AvgIpc) is 3.44. The van der Waals surface area contributed by atoms with Gasteiger partial charge in [-0.3, -0.25) is 14.4 Å². The second-order valence-corrected chi connectivity index (χ2v) is 8.24. The van der Waals surface area contributed by atoms with Crippen LogP contribution in [0.4, 0.5) is 20.7 Å². The lowest BCUT2D eigenvalue weighted by Crippen LogP contribution is -2.55. The number of piperidine rings is 1. The number of aromatic nitrogens is 2. The number of hydrogen-bond acceptors (Lipinski definition) is 5. The summed E-state index contributed by atoms with van der Waals surface area (Å²) in [4.78, 5) is 25.0. The molecule has 4 rings (SSSR count). The fraction of sp³-hybridized carbons (Fsp3) is 0.429. The van der Waals surface area contributed by atoms with Gasteiger partial charge < -0.3 is 16.2 Å². The van der Waals surface area contributed by atoms with Gasteiger partial charge in [-0.15, -0.1) is 0 Å². The average molecular weight is 426 g/mol. The van der Waals surface area contributed by atoms with Gasteiger partial charge in [0.15, 0.2) is 5.82 Å². The Kier molecular flexibility index (Phi) is 5.27. The molecule has 1 aliphatic heterocycles. The first-order valence-electron chi connectivity index (χ1n) is 10.1. The zero-order chi connectivity index (χ0) is 22.2. The molecule has 2 heterocycles. The van der Waals surface area contributed by atoms with E-state index in [0.717, 1.165) is 12.8 Å². The van der Waals surface area contributed by atoms with Crippen LogP contribution >= 0.6 is 0 Å². The molecule has 1 aliphatic carbocycles. The second-order valence-electron chi connectivity index (χ2n) is 8.24. The predicted octanol–water partition coefficient (Wildman–Crippen LogP) is 3.24. The number of nitrogens with two attached hydrogens (primary N) is 1. The SMILES string of the molecule is N#CC1(CC2CC2)CC(n2cc(C(N)=O)c(Nc3ccc(F)cc3)n2)CCN1C(=O)O. The predicted molar refractivity (Wildman–Crippen MR) is 109 cm³/mol. The van der Waals surface area contributed by atoms with Crippen LogP contribution in [0.3, 0.4) is 0 Å². The van der Waals surface area contributed by atoms with Gasteiger partial charge in [0.05, 0.1) is 12.1 Å². The Morgan fingerprint density at radius 2 is 2.03 bits per heavy atom. The highest BCUT2D eigenvalue weighted by Crippen LogP contribution is 2.45. The van der Waals surface area contributed by atoms with Gasteiger partial charge in [-0.1, -0.05) is 12.8 Å². The Hall–Kier alpha value is -3.61. The molecule has 0 bridgehead atoms. The maximum Gasteiger partial charge on any atom is 0.408 e. The van der Waals surface area contributed by atoms with Crippen molar-refractivity contribution in [3.8, 4) is 6.07 Å². The number of halogens is 1. The van der Waals surface area contributed by atoms with Crippen LogP contribution in [0, 0.1) is 23.1 Å². The van der Waals surface area contributed by atoms with Gasteiger partial charge in [0.2, 0.25) is 0 Å². The normalized spacial score (nSPS) is 23.2. The Labute approximate surface area is 178 Å². The molecular weight excluding hydrogens is 403 g/mol. The van der Waals surface area contributed by atoms with Crippen molar-refractivity contribution < 1.29 is 19.1 Å². The third-order valence-corrected chi connectivity index (χ3v) is 6.02. The molecule has 0 spiro atoms. The minimum Gasteiger partial charge on any atom is -0.465 e. The lowest BCUT2D eigenvalue weighted by atomic mass is 9.81. The standard InChI is InChI=1S/C21H23FN6O3/c22-14-3-5-15(6-4-14)25-19-17(18(24)29)11-28(26-19)16-7-8-27(20(30)31)21(10-16,12-23)9-13-1-2-13/h3-6,11,13,16H,1-2,7-10H2,(H2,24,29)(H,25,26)(H,30,31). The summed E-state index contributed by atoms with van der Waals surface area (Å²) in [5.74, 6) is -0.484. The summed E-state index contributed by atoms with van der Waals surface area (Å²) < 4.78 is 14.8. The van der Waals surface area contributed by atoms with Crippen LogP contribution in [-0.2, 0) is 0 Å². The van der Waals surface area contributed by atoms with Crippen molar-refractivity contribution in [3.05, 3.63) is 41.8 Å². The van der Waals surface area contributed by atoms with Gasteiger partial charge in [0.1, 0.15) is 16.9 Å². The number of carbonyl (C=O) groups is 2. The molecule has 2 amide bonds. The number of likely N-dealkylation sites (tertiary alicyclic amines) is 1. The maximum absolute atomic E-state index is 13.2. The van der Waals surface area contributed by atoms with E-state index in [1.165, 1.54) is 35.4 Å². The van der Waals surface area contributed by atoms with E-state index in [2.05, 4.69) is 16.5 Å². The van der Waals surface area contributed by atoms with Crippen LogP contribution in [0.5, 0.6) is 0 Å². The molecule has 9 nitrogen and oxygen atoms in total. The number of amides is 2. The highest BCUT2D eigenvalue weighted by Gasteiger charge is 2.49. The third-order valence-electron chi connectivity index (χ3n) is 6.02. The molecule has 10 heteroatoms. The van der Waals surface area contributed by atoms with E-state index < -0.39 is 17.5 Å². The van der Waals surface area contributed by atoms with Gasteiger partial charge in [0, 0.05) is 24.8 Å². The molecule has 2 unspecified atom stereocenters. The summed E-state index contributed by atoms with van der Waals surface area (Å²) in [5, 5.41) is 27.1. The van der Waals surface area contributed by atoms with Crippen molar-refractivity contribution in [3.63, 3.8) is 0 Å². The molecule has 2 aliphatic rings. The van der Waals surface area contributed by atoms with Crippen molar-refractivity contribution in [2.75, 3.05) is 11.9 Å². The van der Waals surface area contributed by atoms with Crippen LogP contribution in [-0.4, -0.2) is 43.9 Å². The van der Waals surface area contributed by atoms with Gasteiger partial charge in [0.25, 0.3) is 5.91 Å². The number of primary amides is 1. The fourth-order valence-electron chi connectivity index (χ4n) is 4.26. The molecule has 2 aromatic rings. The van der Waals surface area contributed by atoms with Gasteiger partial charge >= 0.3 is 6.09 Å². The summed E-state index contributed by atoms with van der Waals surface area (Å²) >= 11 is 0. The smallest absolute Gasteiger partial charge is 0.408 e. The molecule has 1 saturated heterocycles. The zero-order valence-electron chi connectivity index (χ0n) is 16.8. The Bertz CT molecular complexity index is 1040. The topological polar surface area (TPSA) is 137 Å². The molecule has 4 N–H and O–H groups in total. The number of nitriles is 1. The van der Waals surface area contributed by atoms with Crippen LogP contribution < -0.4 is 11.1 Å². The first kappa shape index (κ1) is 20.7. The highest BCUT2D eigenvalue weighted by molar-refractivity contribution is 5.98. The van der Waals surface area contributed by atoms with E-state index in [4.69, 9.17) is 5.73 Å². The number of carboxylic acid groups (broad SMARTS) is 1. The number of anilines is 2. The summed E-state index contributed by atoms with van der Waals surface area (Å²) in [7, 11) is 0. The number of hydrogen-bond donors (Lipinski definition) is 3. The van der Waals surface area contributed by atoms with Gasteiger partial charge in [-0.2, -0.15) is 10.4 Å². The number of nitrogens with one attached hydrogen (secondary N) is 1. The number of nitrogens with zero attached hydrogens (tertiary/aromatic N) is 4. The van der Waals surface area contributed by atoms with Crippen molar-refractivity contribution in [2.45, 2.75) is 43.7 Å². The Morgan fingerprint density at radius 3 is 2.61 bits per heavy atom. The Morgan fingerprint density at radius 1 is 1.32 bits per heavy atom. The number of rotatable bonds is 6. The molecule has 2 atom stereocenters. The zero-order valence-corrected chi connectivity index (χ0v) is 16.8. The van der Waals surface area contributed by atoms with E-state index in [1.807, 2.05) is 0 Å². The van der Waals surface area contributed by atoms with Crippen LogP contribution in [0.15, 0.2) is 30.5 Å². The van der Waals surface area contributed by atoms with Crippen molar-refractivity contribution in [2.24, 2.45) is 11.7 Å². The van der Waals surface area contributed by atoms with E-state index >= 15 is 0 Å². The molecule has 0 radical (unpaired) electrons. The molecular formula is C21H23FN6O3. The minimum atomic E-state index is -1.13. The molecule has 1 aromatic carbocycles. The third kappa shape index (κ3) is 4.17. The molecule has 1 saturated carbocycles. The minimum absolute atomic E-state index is 0.162. The van der Waals surface area contributed by atoms with Crippen molar-refractivity contribution in [1.82, 2.24) is 14.7 Å². The summed E-state index contributed by atoms with van der Waals surface area (Å²) in [6.45, 7) is 0.201. The van der Waals surface area contributed by atoms with E-state index in [9.17, 15) is 24.3 Å². The number of benzene rings is 1. The first-order valence-corrected chi connectivity index (χ1v) is 10.1. The lowest BCUT2D eigenvalue weighted by Gasteiger charge is -2.44. The van der Waals surface area contributed by atoms with Crippen molar-refractivity contribution in [1.29, 1.82) is 5.26 Å². The monoisotopic (exact) mass is 426 g/mol. The van der Waals surface area contributed by atoms with Crippen LogP contribution in [0.1, 0.15) is 48.5 Å². The summed E-state index contributed by atoms with van der Waals surface area (Å²) in [5.41, 5.74) is 5.09. The Balaban J connectivity index is 1.62. The molecule has 31 heavy (non-hydrogen) atoms. The number of carbonyl (C=O) groups excluding carboxylic acids is 1. The van der Waals surface area contributed by atoms with Gasteiger partial charge in [-0.25, -0.2) is 9.18 Å².